The van der Waals surface area contributed by atoms with E-state index in [-0.39, 0.29) is 0 Å². The molecule has 0 unspecified atom stereocenters. The van der Waals surface area contributed by atoms with Gasteiger partial charge in [0.05, 0.1) is 6.54 Å². The summed E-state index contributed by atoms with van der Waals surface area (Å²) in [6.07, 6.45) is 1.59. The first-order valence-corrected chi connectivity index (χ1v) is 5.65. The fourth-order valence-electron chi connectivity index (χ4n) is 2.29. The minimum Gasteiger partial charge on any atom is -0.398 e. The van der Waals surface area contributed by atoms with Crippen LogP contribution in [-0.4, -0.2) is 19.7 Å². The van der Waals surface area contributed by atoms with Gasteiger partial charge in [0.25, 0.3) is 0 Å². The van der Waals surface area contributed by atoms with Gasteiger partial charge in [0, 0.05) is 25.8 Å². The predicted molar refractivity (Wildman–Crippen MR) is 64.8 cm³/mol. The molecule has 2 aromatic rings. The second kappa shape index (κ2) is 3.85. The molecule has 17 heavy (non-hydrogen) atoms. The van der Waals surface area contributed by atoms with Gasteiger partial charge in [-0.2, -0.15) is 5.10 Å². The normalized spacial score (nSPS) is 15.1. The molecule has 1 aromatic carbocycles. The Morgan fingerprint density at radius 1 is 1.35 bits per heavy atom. The third-order valence-electron chi connectivity index (χ3n) is 3.26. The van der Waals surface area contributed by atoms with Gasteiger partial charge in [-0.15, -0.1) is 0 Å². The lowest BCUT2D eigenvalue weighted by molar-refractivity contribution is 0.264. The SMILES string of the molecule is Cn1ncnc1CN1Cc2cccc(N)c2C1. The zero-order chi connectivity index (χ0) is 11.8. The van der Waals surface area contributed by atoms with Crippen LogP contribution < -0.4 is 5.73 Å². The number of aryl methyl sites for hydroxylation is 1. The summed E-state index contributed by atoms with van der Waals surface area (Å²) in [4.78, 5) is 6.57. The molecule has 0 radical (unpaired) electrons. The van der Waals surface area contributed by atoms with Gasteiger partial charge >= 0.3 is 0 Å². The molecule has 2 heterocycles. The fourth-order valence-corrected chi connectivity index (χ4v) is 2.29. The monoisotopic (exact) mass is 229 g/mol. The number of aromatic nitrogens is 3. The molecular formula is C12H15N5. The van der Waals surface area contributed by atoms with Crippen molar-refractivity contribution < 1.29 is 0 Å². The molecular weight excluding hydrogens is 214 g/mol. The number of nitrogens with zero attached hydrogens (tertiary/aromatic N) is 4. The van der Waals surface area contributed by atoms with Crippen LogP contribution >= 0.6 is 0 Å². The Bertz CT molecular complexity index is 544. The van der Waals surface area contributed by atoms with E-state index in [1.165, 1.54) is 11.1 Å². The molecule has 3 rings (SSSR count). The predicted octanol–water partition coefficient (Wildman–Crippen LogP) is 0.913. The van der Waals surface area contributed by atoms with Crippen LogP contribution in [0.1, 0.15) is 17.0 Å². The number of nitrogen functional groups attached to an aromatic ring is 1. The van der Waals surface area contributed by atoms with Gasteiger partial charge in [-0.25, -0.2) is 4.98 Å². The van der Waals surface area contributed by atoms with E-state index >= 15 is 0 Å². The highest BCUT2D eigenvalue weighted by atomic mass is 15.3. The van der Waals surface area contributed by atoms with E-state index in [0.717, 1.165) is 31.1 Å². The molecule has 0 amide bonds. The second-order valence-electron chi connectivity index (χ2n) is 4.43. The smallest absolute Gasteiger partial charge is 0.140 e. The first kappa shape index (κ1) is 10.3. The van der Waals surface area contributed by atoms with Crippen LogP contribution in [0.3, 0.4) is 0 Å². The van der Waals surface area contributed by atoms with Crippen LogP contribution in [0.2, 0.25) is 0 Å². The van der Waals surface area contributed by atoms with Gasteiger partial charge in [-0.1, -0.05) is 12.1 Å². The number of hydrogen-bond donors (Lipinski definition) is 1. The summed E-state index contributed by atoms with van der Waals surface area (Å²) in [6.45, 7) is 2.65. The lowest BCUT2D eigenvalue weighted by Gasteiger charge is -2.13. The van der Waals surface area contributed by atoms with Crippen LogP contribution in [-0.2, 0) is 26.7 Å². The Hall–Kier alpha value is -1.88. The topological polar surface area (TPSA) is 60.0 Å². The molecule has 88 valence electrons. The van der Waals surface area contributed by atoms with Crippen molar-refractivity contribution in [2.75, 3.05) is 5.73 Å². The summed E-state index contributed by atoms with van der Waals surface area (Å²) in [5.74, 6) is 0.983. The summed E-state index contributed by atoms with van der Waals surface area (Å²) >= 11 is 0. The highest BCUT2D eigenvalue weighted by molar-refractivity contribution is 5.52. The molecule has 0 spiro atoms. The molecule has 0 fully saturated rings. The van der Waals surface area contributed by atoms with Crippen molar-refractivity contribution in [3.8, 4) is 0 Å². The minimum atomic E-state index is 0.810. The lowest BCUT2D eigenvalue weighted by atomic mass is 10.1. The molecule has 5 heteroatoms. The number of hydrogen-bond acceptors (Lipinski definition) is 4. The number of anilines is 1. The van der Waals surface area contributed by atoms with Crippen LogP contribution in [0.25, 0.3) is 0 Å². The highest BCUT2D eigenvalue weighted by Gasteiger charge is 2.21. The average molecular weight is 229 g/mol. The zero-order valence-corrected chi connectivity index (χ0v) is 9.80. The Morgan fingerprint density at radius 2 is 2.24 bits per heavy atom. The molecule has 0 atom stereocenters. The lowest BCUT2D eigenvalue weighted by Crippen LogP contribution is -2.18. The summed E-state index contributed by atoms with van der Waals surface area (Å²) in [5, 5.41) is 4.08. The van der Waals surface area contributed by atoms with E-state index in [4.69, 9.17) is 5.73 Å². The molecule has 5 nitrogen and oxygen atoms in total. The van der Waals surface area contributed by atoms with Gasteiger partial charge in [-0.05, 0) is 17.2 Å². The van der Waals surface area contributed by atoms with Crippen LogP contribution in [0.5, 0.6) is 0 Å². The Morgan fingerprint density at radius 3 is 2.94 bits per heavy atom. The van der Waals surface area contributed by atoms with Crippen LogP contribution in [0, 0.1) is 0 Å². The van der Waals surface area contributed by atoms with Gasteiger partial charge in [0.15, 0.2) is 0 Å². The molecule has 1 aliphatic rings. The first-order chi connectivity index (χ1) is 8.24. The first-order valence-electron chi connectivity index (χ1n) is 5.65. The van der Waals surface area contributed by atoms with Crippen molar-refractivity contribution in [1.29, 1.82) is 0 Å². The summed E-state index contributed by atoms with van der Waals surface area (Å²) < 4.78 is 1.81. The molecule has 0 saturated heterocycles. The Balaban J connectivity index is 1.79. The minimum absolute atomic E-state index is 0.810. The van der Waals surface area contributed by atoms with E-state index in [1.807, 2.05) is 23.9 Å². The third-order valence-corrected chi connectivity index (χ3v) is 3.26. The molecule has 0 aliphatic carbocycles. The fraction of sp³-hybridized carbons (Fsp3) is 0.333. The number of benzene rings is 1. The van der Waals surface area contributed by atoms with Gasteiger partial charge < -0.3 is 5.73 Å². The molecule has 2 N–H and O–H groups in total. The largest absolute Gasteiger partial charge is 0.398 e. The van der Waals surface area contributed by atoms with Crippen molar-refractivity contribution in [3.05, 3.63) is 41.5 Å². The molecule has 0 saturated carbocycles. The van der Waals surface area contributed by atoms with Gasteiger partial charge in [-0.3, -0.25) is 9.58 Å². The van der Waals surface area contributed by atoms with E-state index in [0.29, 0.717) is 0 Å². The second-order valence-corrected chi connectivity index (χ2v) is 4.43. The maximum atomic E-state index is 5.98. The highest BCUT2D eigenvalue weighted by Crippen LogP contribution is 2.28. The molecule has 1 aromatic heterocycles. The van der Waals surface area contributed by atoms with Crippen molar-refractivity contribution in [1.82, 2.24) is 19.7 Å². The Kier molecular flexibility index (Phi) is 2.33. The van der Waals surface area contributed by atoms with Gasteiger partial charge in [0.1, 0.15) is 12.2 Å². The maximum Gasteiger partial charge on any atom is 0.140 e. The average Bonchev–Trinajstić information content (AvgIpc) is 2.87. The van der Waals surface area contributed by atoms with Crippen molar-refractivity contribution in [3.63, 3.8) is 0 Å². The van der Waals surface area contributed by atoms with Crippen molar-refractivity contribution >= 4 is 5.69 Å². The number of nitrogens with two attached hydrogens (primary N) is 1. The molecule has 1 aliphatic heterocycles. The quantitative estimate of drug-likeness (QED) is 0.778. The molecule has 0 bridgehead atoms. The maximum absolute atomic E-state index is 5.98. The van der Waals surface area contributed by atoms with Crippen molar-refractivity contribution in [2.45, 2.75) is 19.6 Å². The van der Waals surface area contributed by atoms with E-state index in [2.05, 4.69) is 21.0 Å². The van der Waals surface area contributed by atoms with E-state index in [1.54, 1.807) is 6.33 Å². The summed E-state index contributed by atoms with van der Waals surface area (Å²) in [5.41, 5.74) is 9.45. The standard InChI is InChI=1S/C12H15N5/c1-16-12(14-8-15-16)7-17-5-9-3-2-4-11(13)10(9)6-17/h2-4,8H,5-7,13H2,1H3. The zero-order valence-electron chi connectivity index (χ0n) is 9.80. The van der Waals surface area contributed by atoms with Crippen molar-refractivity contribution in [2.24, 2.45) is 7.05 Å². The van der Waals surface area contributed by atoms with Gasteiger partial charge in [0.2, 0.25) is 0 Å². The van der Waals surface area contributed by atoms with Crippen LogP contribution in [0.15, 0.2) is 24.5 Å². The summed E-state index contributed by atoms with van der Waals surface area (Å²) in [7, 11) is 1.92. The number of rotatable bonds is 2. The third kappa shape index (κ3) is 1.78. The summed E-state index contributed by atoms with van der Waals surface area (Å²) in [6, 6.07) is 6.12. The number of fused-ring (bicyclic) bond motifs is 1. The van der Waals surface area contributed by atoms with E-state index < -0.39 is 0 Å². The Labute approximate surface area is 99.9 Å². The van der Waals surface area contributed by atoms with E-state index in [9.17, 15) is 0 Å². The van der Waals surface area contributed by atoms with Crippen LogP contribution in [0.4, 0.5) is 5.69 Å².